The zero-order valence-corrected chi connectivity index (χ0v) is 12.0. The van der Waals surface area contributed by atoms with Gasteiger partial charge in [0.05, 0.1) is 11.6 Å². The zero-order chi connectivity index (χ0) is 13.8. The number of rotatable bonds is 7. The summed E-state index contributed by atoms with van der Waals surface area (Å²) in [6.45, 7) is 3.25. The van der Waals surface area contributed by atoms with Gasteiger partial charge in [0, 0.05) is 17.6 Å². The van der Waals surface area contributed by atoms with Crippen molar-refractivity contribution in [3.63, 3.8) is 0 Å². The summed E-state index contributed by atoms with van der Waals surface area (Å²) in [6, 6.07) is 10.9. The van der Waals surface area contributed by atoms with Crippen LogP contribution in [0.1, 0.15) is 32.6 Å². The molecule has 0 spiro atoms. The molecule has 1 aliphatic rings. The van der Waals surface area contributed by atoms with Crippen LogP contribution in [-0.4, -0.2) is 23.7 Å². The molecule has 1 aromatic carbocycles. The largest absolute Gasteiger partial charge is 0.490 e. The van der Waals surface area contributed by atoms with E-state index < -0.39 is 0 Å². The first-order valence-electron chi connectivity index (χ1n) is 7.57. The van der Waals surface area contributed by atoms with Gasteiger partial charge >= 0.3 is 0 Å². The lowest BCUT2D eigenvalue weighted by Gasteiger charge is -2.16. The van der Waals surface area contributed by atoms with Crippen molar-refractivity contribution < 1.29 is 4.74 Å². The van der Waals surface area contributed by atoms with Crippen LogP contribution >= 0.6 is 0 Å². The van der Waals surface area contributed by atoms with Gasteiger partial charge in [-0.3, -0.25) is 4.98 Å². The van der Waals surface area contributed by atoms with Gasteiger partial charge in [-0.05, 0) is 63.4 Å². The van der Waals surface area contributed by atoms with Gasteiger partial charge < -0.3 is 10.1 Å². The minimum absolute atomic E-state index is 0.238. The number of nitrogens with zero attached hydrogens (tertiary/aromatic N) is 1. The third-order valence-electron chi connectivity index (χ3n) is 3.73. The molecule has 2 aromatic rings. The molecular weight excluding hydrogens is 248 g/mol. The molecule has 1 aromatic heterocycles. The zero-order valence-electron chi connectivity index (χ0n) is 12.0. The van der Waals surface area contributed by atoms with E-state index in [1.165, 1.54) is 19.3 Å². The van der Waals surface area contributed by atoms with E-state index in [4.69, 9.17) is 4.74 Å². The molecule has 0 radical (unpaired) electrons. The van der Waals surface area contributed by atoms with Crippen molar-refractivity contribution in [1.29, 1.82) is 0 Å². The predicted octanol–water partition coefficient (Wildman–Crippen LogP) is 3.53. The molecule has 0 bridgehead atoms. The van der Waals surface area contributed by atoms with Crippen molar-refractivity contribution >= 4 is 10.9 Å². The summed E-state index contributed by atoms with van der Waals surface area (Å²) in [5, 5.41) is 4.64. The highest BCUT2D eigenvalue weighted by atomic mass is 16.5. The number of ether oxygens (including phenoxy) is 1. The Morgan fingerprint density at radius 2 is 2.20 bits per heavy atom. The molecule has 1 unspecified atom stereocenters. The van der Waals surface area contributed by atoms with Gasteiger partial charge in [0.1, 0.15) is 5.75 Å². The van der Waals surface area contributed by atoms with Gasteiger partial charge in [-0.1, -0.05) is 6.07 Å². The van der Waals surface area contributed by atoms with E-state index in [9.17, 15) is 0 Å². The van der Waals surface area contributed by atoms with E-state index in [1.54, 1.807) is 0 Å². The van der Waals surface area contributed by atoms with Gasteiger partial charge in [0.25, 0.3) is 0 Å². The quantitative estimate of drug-likeness (QED) is 0.781. The minimum Gasteiger partial charge on any atom is -0.490 e. The summed E-state index contributed by atoms with van der Waals surface area (Å²) in [4.78, 5) is 4.36. The van der Waals surface area contributed by atoms with Crippen molar-refractivity contribution in [2.75, 3.05) is 6.54 Å². The predicted molar refractivity (Wildman–Crippen MR) is 82.1 cm³/mol. The van der Waals surface area contributed by atoms with E-state index in [0.717, 1.165) is 35.7 Å². The second-order valence-electron chi connectivity index (χ2n) is 5.63. The van der Waals surface area contributed by atoms with E-state index >= 15 is 0 Å². The van der Waals surface area contributed by atoms with Crippen molar-refractivity contribution in [2.45, 2.75) is 44.8 Å². The Kier molecular flexibility index (Phi) is 4.16. The topological polar surface area (TPSA) is 34.1 Å². The lowest BCUT2D eigenvalue weighted by Crippen LogP contribution is -2.20. The second kappa shape index (κ2) is 6.23. The van der Waals surface area contributed by atoms with Crippen molar-refractivity contribution in [2.24, 2.45) is 0 Å². The summed E-state index contributed by atoms with van der Waals surface area (Å²) < 4.78 is 6.08. The third-order valence-corrected chi connectivity index (χ3v) is 3.73. The highest BCUT2D eigenvalue weighted by molar-refractivity contribution is 5.84. The molecule has 1 fully saturated rings. The Hall–Kier alpha value is -1.61. The van der Waals surface area contributed by atoms with Gasteiger partial charge in [0.2, 0.25) is 0 Å². The molecule has 1 saturated carbocycles. The summed E-state index contributed by atoms with van der Waals surface area (Å²) in [5.74, 6) is 0.943. The number of fused-ring (bicyclic) bond motifs is 1. The van der Waals surface area contributed by atoms with Crippen LogP contribution in [0.25, 0.3) is 10.9 Å². The molecule has 3 rings (SSSR count). The van der Waals surface area contributed by atoms with Crippen molar-refractivity contribution in [3.8, 4) is 5.75 Å². The Morgan fingerprint density at radius 1 is 1.30 bits per heavy atom. The van der Waals surface area contributed by atoms with Crippen LogP contribution in [0.4, 0.5) is 0 Å². The van der Waals surface area contributed by atoms with Gasteiger partial charge in [0.15, 0.2) is 0 Å². The van der Waals surface area contributed by atoms with E-state index in [2.05, 4.69) is 23.3 Å². The first-order chi connectivity index (χ1) is 9.83. The summed E-state index contributed by atoms with van der Waals surface area (Å²) in [6.07, 6.45) is 7.02. The van der Waals surface area contributed by atoms with Crippen molar-refractivity contribution in [3.05, 3.63) is 36.5 Å². The second-order valence-corrected chi connectivity index (χ2v) is 5.63. The Bertz CT molecular complexity index is 560. The molecule has 0 amide bonds. The fourth-order valence-electron chi connectivity index (χ4n) is 2.44. The fraction of sp³-hybridized carbons (Fsp3) is 0.471. The number of nitrogens with one attached hydrogen (secondary N) is 1. The molecule has 0 saturated heterocycles. The van der Waals surface area contributed by atoms with Crippen LogP contribution in [0, 0.1) is 0 Å². The number of hydrogen-bond acceptors (Lipinski definition) is 3. The average molecular weight is 270 g/mol. The average Bonchev–Trinajstić information content (AvgIpc) is 3.28. The lowest BCUT2D eigenvalue weighted by atomic mass is 10.2. The highest BCUT2D eigenvalue weighted by Crippen LogP contribution is 2.25. The maximum atomic E-state index is 6.08. The highest BCUT2D eigenvalue weighted by Gasteiger charge is 2.19. The first-order valence-corrected chi connectivity index (χ1v) is 7.57. The maximum Gasteiger partial charge on any atom is 0.129 e. The Morgan fingerprint density at radius 3 is 3.05 bits per heavy atom. The summed E-state index contributed by atoms with van der Waals surface area (Å²) >= 11 is 0. The maximum absolute atomic E-state index is 6.08. The van der Waals surface area contributed by atoms with Crippen LogP contribution in [-0.2, 0) is 0 Å². The standard InChI is InChI=1S/C17H22N2O/c1-13(5-3-11-18-14-9-10-14)20-17-8-2-7-16-15(17)6-4-12-19-16/h2,4,6-8,12-14,18H,3,5,9-11H2,1H3. The van der Waals surface area contributed by atoms with E-state index in [1.807, 2.05) is 30.5 Å². The monoisotopic (exact) mass is 270 g/mol. The Balaban J connectivity index is 1.54. The third kappa shape index (κ3) is 3.48. The van der Waals surface area contributed by atoms with E-state index in [-0.39, 0.29) is 6.10 Å². The molecule has 1 heterocycles. The number of pyridine rings is 1. The van der Waals surface area contributed by atoms with Gasteiger partial charge in [-0.15, -0.1) is 0 Å². The normalized spacial score (nSPS) is 16.2. The molecule has 1 atom stereocenters. The molecule has 3 nitrogen and oxygen atoms in total. The number of aromatic nitrogens is 1. The molecular formula is C17H22N2O. The van der Waals surface area contributed by atoms with Gasteiger partial charge in [-0.25, -0.2) is 0 Å². The SMILES string of the molecule is CC(CCCNC1CC1)Oc1cccc2ncccc12. The van der Waals surface area contributed by atoms with Crippen LogP contribution in [0.2, 0.25) is 0 Å². The number of benzene rings is 1. The molecule has 20 heavy (non-hydrogen) atoms. The summed E-state index contributed by atoms with van der Waals surface area (Å²) in [7, 11) is 0. The molecule has 0 aliphatic heterocycles. The minimum atomic E-state index is 0.238. The fourth-order valence-corrected chi connectivity index (χ4v) is 2.44. The molecule has 3 heteroatoms. The van der Waals surface area contributed by atoms with E-state index in [0.29, 0.717) is 0 Å². The smallest absolute Gasteiger partial charge is 0.129 e. The molecule has 1 N–H and O–H groups in total. The van der Waals surface area contributed by atoms with Crippen LogP contribution in [0.15, 0.2) is 36.5 Å². The van der Waals surface area contributed by atoms with Crippen LogP contribution < -0.4 is 10.1 Å². The Labute approximate surface area is 120 Å². The summed E-state index contributed by atoms with van der Waals surface area (Å²) in [5.41, 5.74) is 0.993. The lowest BCUT2D eigenvalue weighted by molar-refractivity contribution is 0.210. The number of hydrogen-bond donors (Lipinski definition) is 1. The van der Waals surface area contributed by atoms with Crippen molar-refractivity contribution in [1.82, 2.24) is 10.3 Å². The van der Waals surface area contributed by atoms with Gasteiger partial charge in [-0.2, -0.15) is 0 Å². The molecule has 106 valence electrons. The van der Waals surface area contributed by atoms with Crippen LogP contribution in [0.3, 0.4) is 0 Å². The molecule has 1 aliphatic carbocycles. The first kappa shape index (κ1) is 13.4. The van der Waals surface area contributed by atoms with Crippen LogP contribution in [0.5, 0.6) is 5.75 Å².